The lowest BCUT2D eigenvalue weighted by atomic mass is 10.0. The first kappa shape index (κ1) is 21.4. The van der Waals surface area contributed by atoms with Crippen LogP contribution in [-0.4, -0.2) is 49.2 Å². The number of methoxy groups -OCH3 is 1. The molecule has 0 saturated carbocycles. The van der Waals surface area contributed by atoms with E-state index in [-0.39, 0.29) is 5.91 Å². The van der Waals surface area contributed by atoms with Crippen molar-refractivity contribution in [2.75, 3.05) is 38.7 Å². The molecule has 162 valence electrons. The van der Waals surface area contributed by atoms with E-state index in [1.54, 1.807) is 50.6 Å². The fourth-order valence-corrected chi connectivity index (χ4v) is 3.75. The first-order chi connectivity index (χ1) is 15.0. The zero-order valence-corrected chi connectivity index (χ0v) is 18.2. The van der Waals surface area contributed by atoms with E-state index in [1.807, 2.05) is 6.07 Å². The van der Waals surface area contributed by atoms with E-state index in [4.69, 9.17) is 25.5 Å². The number of carbonyl (C=O) groups excluding carboxylic acids is 1. The fourth-order valence-electron chi connectivity index (χ4n) is 3.53. The van der Waals surface area contributed by atoms with E-state index in [2.05, 4.69) is 15.2 Å². The number of hydrogen-bond acceptors (Lipinski definition) is 6. The first-order valence-corrected chi connectivity index (χ1v) is 10.4. The maximum atomic E-state index is 13.2. The van der Waals surface area contributed by atoms with Crippen molar-refractivity contribution in [3.05, 3.63) is 64.7 Å². The number of benzene rings is 2. The topological polar surface area (TPSA) is 76.8 Å². The molecule has 1 aliphatic rings. The number of aryl methyl sites for hydroxylation is 1. The highest BCUT2D eigenvalue weighted by atomic mass is 35.5. The Bertz CT molecular complexity index is 1080. The van der Waals surface area contributed by atoms with Crippen LogP contribution in [0.15, 0.2) is 47.1 Å². The van der Waals surface area contributed by atoms with Crippen LogP contribution in [0.3, 0.4) is 0 Å². The van der Waals surface area contributed by atoms with Crippen molar-refractivity contribution in [1.29, 1.82) is 0 Å². The standard InChI is InChI=1S/C23H24ClN3O4/c1-15-25-22(14-31-15)20-12-17(3-6-21(20)24)26-23(28)19-5-4-18(29-2)11-16(19)13-27-7-9-30-10-8-27/h3-6,11-12,14H,7-10,13H2,1-2H3,(H,26,28). The van der Waals surface area contributed by atoms with E-state index >= 15 is 0 Å². The number of aromatic nitrogens is 1. The molecule has 1 amide bonds. The lowest BCUT2D eigenvalue weighted by Crippen LogP contribution is -2.36. The molecule has 1 fully saturated rings. The van der Waals surface area contributed by atoms with Crippen molar-refractivity contribution in [2.45, 2.75) is 13.5 Å². The van der Waals surface area contributed by atoms with Crippen molar-refractivity contribution in [1.82, 2.24) is 9.88 Å². The molecule has 0 bridgehead atoms. The van der Waals surface area contributed by atoms with Gasteiger partial charge in [0.2, 0.25) is 0 Å². The van der Waals surface area contributed by atoms with Crippen LogP contribution in [0.2, 0.25) is 5.02 Å². The number of amides is 1. The third-order valence-corrected chi connectivity index (χ3v) is 5.50. The van der Waals surface area contributed by atoms with Gasteiger partial charge in [0.25, 0.3) is 5.91 Å². The van der Waals surface area contributed by atoms with E-state index in [1.165, 1.54) is 0 Å². The van der Waals surface area contributed by atoms with Crippen molar-refractivity contribution in [3.63, 3.8) is 0 Å². The summed E-state index contributed by atoms with van der Waals surface area (Å²) in [5.41, 5.74) is 3.44. The minimum atomic E-state index is -0.199. The average molecular weight is 442 g/mol. The molecular formula is C23H24ClN3O4. The van der Waals surface area contributed by atoms with Gasteiger partial charge >= 0.3 is 0 Å². The Morgan fingerprint density at radius 1 is 1.23 bits per heavy atom. The third kappa shape index (κ3) is 5.07. The second kappa shape index (κ2) is 9.51. The molecule has 2 aromatic carbocycles. The van der Waals surface area contributed by atoms with E-state index in [0.717, 1.165) is 24.4 Å². The molecule has 31 heavy (non-hydrogen) atoms. The Kier molecular flexibility index (Phi) is 6.56. The Balaban J connectivity index is 1.58. The van der Waals surface area contributed by atoms with Gasteiger partial charge in [-0.2, -0.15) is 0 Å². The van der Waals surface area contributed by atoms with Crippen LogP contribution in [-0.2, 0) is 11.3 Å². The molecule has 0 unspecified atom stereocenters. The smallest absolute Gasteiger partial charge is 0.255 e. The number of hydrogen-bond donors (Lipinski definition) is 1. The normalized spacial score (nSPS) is 14.4. The number of carbonyl (C=O) groups is 1. The Morgan fingerprint density at radius 3 is 2.74 bits per heavy atom. The third-order valence-electron chi connectivity index (χ3n) is 5.17. The molecule has 0 atom stereocenters. The lowest BCUT2D eigenvalue weighted by Gasteiger charge is -2.27. The second-order valence-corrected chi connectivity index (χ2v) is 7.72. The average Bonchev–Trinajstić information content (AvgIpc) is 3.21. The molecule has 0 aliphatic carbocycles. The summed E-state index contributed by atoms with van der Waals surface area (Å²) in [4.78, 5) is 19.7. The van der Waals surface area contributed by atoms with Crippen LogP contribution in [0.1, 0.15) is 21.8 Å². The van der Waals surface area contributed by atoms with Gasteiger partial charge in [0.05, 0.1) is 25.3 Å². The lowest BCUT2D eigenvalue weighted by molar-refractivity contribution is 0.0341. The molecule has 0 radical (unpaired) electrons. The predicted octanol–water partition coefficient (Wildman–Crippen LogP) is 4.40. The number of nitrogens with one attached hydrogen (secondary N) is 1. The highest BCUT2D eigenvalue weighted by Crippen LogP contribution is 2.30. The van der Waals surface area contributed by atoms with Crippen LogP contribution >= 0.6 is 11.6 Å². The second-order valence-electron chi connectivity index (χ2n) is 7.31. The summed E-state index contributed by atoms with van der Waals surface area (Å²) in [6.07, 6.45) is 1.55. The summed E-state index contributed by atoms with van der Waals surface area (Å²) in [5, 5.41) is 3.51. The molecule has 1 saturated heterocycles. The fraction of sp³-hybridized carbons (Fsp3) is 0.304. The SMILES string of the molecule is COc1ccc(C(=O)Nc2ccc(Cl)c(-c3coc(C)n3)c2)c(CN2CCOCC2)c1. The van der Waals surface area contributed by atoms with Gasteiger partial charge < -0.3 is 19.2 Å². The van der Waals surface area contributed by atoms with Crippen LogP contribution < -0.4 is 10.1 Å². The summed E-state index contributed by atoms with van der Waals surface area (Å²) < 4.78 is 16.1. The maximum Gasteiger partial charge on any atom is 0.255 e. The summed E-state index contributed by atoms with van der Waals surface area (Å²) in [6.45, 7) is 5.46. The molecule has 2 heterocycles. The Hall–Kier alpha value is -2.87. The predicted molar refractivity (Wildman–Crippen MR) is 119 cm³/mol. The summed E-state index contributed by atoms with van der Waals surface area (Å²) >= 11 is 6.34. The van der Waals surface area contributed by atoms with Crippen molar-refractivity contribution >= 4 is 23.2 Å². The quantitative estimate of drug-likeness (QED) is 0.611. The van der Waals surface area contributed by atoms with Gasteiger partial charge in [-0.1, -0.05) is 11.6 Å². The minimum absolute atomic E-state index is 0.199. The number of oxazole rings is 1. The summed E-state index contributed by atoms with van der Waals surface area (Å²) in [5.74, 6) is 1.07. The van der Waals surface area contributed by atoms with Crippen LogP contribution in [0.25, 0.3) is 11.3 Å². The van der Waals surface area contributed by atoms with Crippen molar-refractivity contribution < 1.29 is 18.7 Å². The largest absolute Gasteiger partial charge is 0.497 e. The number of anilines is 1. The molecule has 3 aromatic rings. The molecule has 0 spiro atoms. The minimum Gasteiger partial charge on any atom is -0.497 e. The number of morpholine rings is 1. The number of nitrogens with zero attached hydrogens (tertiary/aromatic N) is 2. The number of halogens is 1. The molecule has 1 aliphatic heterocycles. The monoisotopic (exact) mass is 441 g/mol. The summed E-state index contributed by atoms with van der Waals surface area (Å²) in [7, 11) is 1.62. The number of rotatable bonds is 6. The molecule has 4 rings (SSSR count). The molecule has 1 N–H and O–H groups in total. The van der Waals surface area contributed by atoms with Gasteiger partial charge in [-0.3, -0.25) is 9.69 Å². The molecule has 8 heteroatoms. The highest BCUT2D eigenvalue weighted by Gasteiger charge is 2.18. The molecular weight excluding hydrogens is 418 g/mol. The van der Waals surface area contributed by atoms with Gasteiger partial charge in [-0.05, 0) is 42.0 Å². The van der Waals surface area contributed by atoms with Crippen LogP contribution in [0, 0.1) is 6.92 Å². The van der Waals surface area contributed by atoms with E-state index in [9.17, 15) is 4.79 Å². The number of ether oxygens (including phenoxy) is 2. The van der Waals surface area contributed by atoms with Crippen LogP contribution in [0.5, 0.6) is 5.75 Å². The van der Waals surface area contributed by atoms with Gasteiger partial charge in [0.15, 0.2) is 5.89 Å². The van der Waals surface area contributed by atoms with Gasteiger partial charge in [0.1, 0.15) is 17.7 Å². The van der Waals surface area contributed by atoms with Gasteiger partial charge in [0, 0.05) is 43.4 Å². The Labute approximate surface area is 185 Å². The Morgan fingerprint density at radius 2 is 2.03 bits per heavy atom. The van der Waals surface area contributed by atoms with E-state index in [0.29, 0.717) is 53.2 Å². The van der Waals surface area contributed by atoms with Gasteiger partial charge in [-0.15, -0.1) is 0 Å². The molecule has 7 nitrogen and oxygen atoms in total. The highest BCUT2D eigenvalue weighted by molar-refractivity contribution is 6.33. The van der Waals surface area contributed by atoms with Gasteiger partial charge in [-0.25, -0.2) is 4.98 Å². The van der Waals surface area contributed by atoms with Crippen LogP contribution in [0.4, 0.5) is 5.69 Å². The maximum absolute atomic E-state index is 13.2. The van der Waals surface area contributed by atoms with Crippen molar-refractivity contribution in [2.24, 2.45) is 0 Å². The van der Waals surface area contributed by atoms with E-state index < -0.39 is 0 Å². The van der Waals surface area contributed by atoms with Crippen molar-refractivity contribution in [3.8, 4) is 17.0 Å². The zero-order valence-electron chi connectivity index (χ0n) is 17.5. The summed E-state index contributed by atoms with van der Waals surface area (Å²) in [6, 6.07) is 10.8. The first-order valence-electron chi connectivity index (χ1n) is 10.0. The molecule has 1 aromatic heterocycles. The zero-order chi connectivity index (χ0) is 21.8.